The zero-order valence-electron chi connectivity index (χ0n) is 12.1. The molecule has 0 atom stereocenters. The van der Waals surface area contributed by atoms with Gasteiger partial charge in [0.15, 0.2) is 5.69 Å². The zero-order chi connectivity index (χ0) is 15.5. The molecule has 4 rings (SSSR count). The summed E-state index contributed by atoms with van der Waals surface area (Å²) in [5, 5.41) is 19.0. The minimum absolute atomic E-state index is 0.442. The molecule has 0 spiro atoms. The quantitative estimate of drug-likeness (QED) is 0.629. The van der Waals surface area contributed by atoms with Crippen LogP contribution >= 0.6 is 0 Å². The van der Waals surface area contributed by atoms with Crippen molar-refractivity contribution in [1.29, 1.82) is 0 Å². The number of hydrogen-bond acceptors (Lipinski definition) is 5. The summed E-state index contributed by atoms with van der Waals surface area (Å²) < 4.78 is 0. The molecule has 0 fully saturated rings. The monoisotopic (exact) mass is 300 g/mol. The lowest BCUT2D eigenvalue weighted by atomic mass is 10.0. The van der Waals surface area contributed by atoms with Gasteiger partial charge in [0.05, 0.1) is 6.20 Å². The van der Waals surface area contributed by atoms with Gasteiger partial charge in [0, 0.05) is 11.1 Å². The van der Waals surface area contributed by atoms with Gasteiger partial charge in [-0.3, -0.25) is 0 Å². The summed E-state index contributed by atoms with van der Waals surface area (Å²) in [6.45, 7) is 0. The second kappa shape index (κ2) is 5.76. The van der Waals surface area contributed by atoms with Gasteiger partial charge in [-0.1, -0.05) is 60.7 Å². The van der Waals surface area contributed by atoms with Gasteiger partial charge >= 0.3 is 0 Å². The first-order valence-corrected chi connectivity index (χ1v) is 7.13. The van der Waals surface area contributed by atoms with Crippen LogP contribution in [0.15, 0.2) is 66.9 Å². The molecule has 0 aliphatic heterocycles. The van der Waals surface area contributed by atoms with Gasteiger partial charge in [-0.2, -0.15) is 15.4 Å². The summed E-state index contributed by atoms with van der Waals surface area (Å²) in [7, 11) is 0. The Morgan fingerprint density at radius 2 is 1.35 bits per heavy atom. The van der Waals surface area contributed by atoms with Crippen molar-refractivity contribution >= 4 is 0 Å². The van der Waals surface area contributed by atoms with Gasteiger partial charge in [-0.25, -0.2) is 4.98 Å². The van der Waals surface area contributed by atoms with E-state index < -0.39 is 0 Å². The van der Waals surface area contributed by atoms with E-state index in [1.807, 2.05) is 60.7 Å². The van der Waals surface area contributed by atoms with E-state index in [4.69, 9.17) is 0 Å². The van der Waals surface area contributed by atoms with Crippen LogP contribution in [0.1, 0.15) is 0 Å². The molecular formula is C17H12N6. The molecule has 0 saturated heterocycles. The number of nitrogens with zero attached hydrogens (tertiary/aromatic N) is 5. The van der Waals surface area contributed by atoms with E-state index in [1.54, 1.807) is 6.20 Å². The van der Waals surface area contributed by atoms with E-state index in [1.165, 1.54) is 0 Å². The summed E-state index contributed by atoms with van der Waals surface area (Å²) in [6, 6.07) is 19.8. The lowest BCUT2D eigenvalue weighted by Gasteiger charge is -2.08. The molecule has 0 radical (unpaired) electrons. The molecule has 1 N–H and O–H groups in total. The molecule has 2 aromatic heterocycles. The molecular weight excluding hydrogens is 288 g/mol. The van der Waals surface area contributed by atoms with E-state index in [0.717, 1.165) is 22.5 Å². The van der Waals surface area contributed by atoms with Crippen LogP contribution < -0.4 is 0 Å². The Balaban J connectivity index is 1.93. The highest BCUT2D eigenvalue weighted by Crippen LogP contribution is 2.29. The van der Waals surface area contributed by atoms with Gasteiger partial charge in [0.25, 0.3) is 0 Å². The normalized spacial score (nSPS) is 10.6. The van der Waals surface area contributed by atoms with E-state index in [2.05, 4.69) is 30.6 Å². The minimum Gasteiger partial charge on any atom is -0.223 e. The second-order valence-electron chi connectivity index (χ2n) is 4.92. The van der Waals surface area contributed by atoms with Crippen LogP contribution in [-0.4, -0.2) is 30.6 Å². The highest BCUT2D eigenvalue weighted by Gasteiger charge is 2.15. The van der Waals surface area contributed by atoms with Crippen molar-refractivity contribution in [2.45, 2.75) is 0 Å². The molecule has 23 heavy (non-hydrogen) atoms. The number of aromatic amines is 1. The maximum Gasteiger partial charge on any atom is 0.204 e. The minimum atomic E-state index is 0.442. The first-order valence-electron chi connectivity index (χ1n) is 7.13. The van der Waals surface area contributed by atoms with Gasteiger partial charge < -0.3 is 0 Å². The van der Waals surface area contributed by atoms with Crippen LogP contribution in [0.5, 0.6) is 0 Å². The first-order chi connectivity index (χ1) is 11.4. The van der Waals surface area contributed by atoms with Crippen molar-refractivity contribution in [1.82, 2.24) is 30.6 Å². The molecule has 0 bridgehead atoms. The SMILES string of the molecule is c1ccc(-c2nnc(-c3cn[nH]n3)nc2-c2ccccc2)cc1. The van der Waals surface area contributed by atoms with Crippen LogP contribution in [0.2, 0.25) is 0 Å². The lowest BCUT2D eigenvalue weighted by molar-refractivity contribution is 0.929. The molecule has 110 valence electrons. The number of rotatable bonds is 3. The third kappa shape index (κ3) is 2.57. The molecule has 0 amide bonds. The Bertz CT molecular complexity index is 904. The third-order valence-corrected chi connectivity index (χ3v) is 3.43. The fourth-order valence-corrected chi connectivity index (χ4v) is 2.33. The van der Waals surface area contributed by atoms with Crippen LogP contribution in [0.4, 0.5) is 0 Å². The van der Waals surface area contributed by atoms with Crippen LogP contribution in [0.3, 0.4) is 0 Å². The van der Waals surface area contributed by atoms with Gasteiger partial charge in [-0.05, 0) is 0 Å². The predicted molar refractivity (Wildman–Crippen MR) is 86.1 cm³/mol. The largest absolute Gasteiger partial charge is 0.223 e. The first kappa shape index (κ1) is 13.3. The maximum atomic E-state index is 4.67. The van der Waals surface area contributed by atoms with Crippen molar-refractivity contribution in [3.8, 4) is 34.0 Å². The topological polar surface area (TPSA) is 80.2 Å². The van der Waals surface area contributed by atoms with Crippen molar-refractivity contribution in [3.63, 3.8) is 0 Å². The number of hydrogen-bond donors (Lipinski definition) is 1. The summed E-state index contributed by atoms with van der Waals surface area (Å²) in [5.74, 6) is 0.442. The molecule has 6 heteroatoms. The lowest BCUT2D eigenvalue weighted by Crippen LogP contribution is -2.00. The third-order valence-electron chi connectivity index (χ3n) is 3.43. The summed E-state index contributed by atoms with van der Waals surface area (Å²) in [5.41, 5.74) is 4.02. The van der Waals surface area contributed by atoms with Crippen molar-refractivity contribution < 1.29 is 0 Å². The number of H-pyrrole nitrogens is 1. The average molecular weight is 300 g/mol. The molecule has 4 aromatic rings. The fraction of sp³-hybridized carbons (Fsp3) is 0. The van der Waals surface area contributed by atoms with Crippen LogP contribution in [-0.2, 0) is 0 Å². The standard InChI is InChI=1S/C17H12N6/c1-3-7-12(8-4-1)15-16(13-9-5-2-6-10-13)21-22-17(19-15)14-11-18-23-20-14/h1-11H,(H,18,20,23). The van der Waals surface area contributed by atoms with Crippen molar-refractivity contribution in [2.75, 3.05) is 0 Å². The van der Waals surface area contributed by atoms with Gasteiger partial charge in [0.1, 0.15) is 11.4 Å². The molecule has 0 aliphatic rings. The predicted octanol–water partition coefficient (Wildman–Crippen LogP) is 2.99. The van der Waals surface area contributed by atoms with Crippen molar-refractivity contribution in [2.24, 2.45) is 0 Å². The Morgan fingerprint density at radius 3 is 1.96 bits per heavy atom. The maximum absolute atomic E-state index is 4.67. The second-order valence-corrected chi connectivity index (χ2v) is 4.92. The Labute approximate surface area is 132 Å². The van der Waals surface area contributed by atoms with E-state index in [-0.39, 0.29) is 0 Å². The molecule has 0 aliphatic carbocycles. The van der Waals surface area contributed by atoms with E-state index in [0.29, 0.717) is 11.5 Å². The molecule has 0 saturated carbocycles. The summed E-state index contributed by atoms with van der Waals surface area (Å²) in [4.78, 5) is 4.67. The molecule has 6 nitrogen and oxygen atoms in total. The van der Waals surface area contributed by atoms with E-state index in [9.17, 15) is 0 Å². The average Bonchev–Trinajstić information content (AvgIpc) is 3.17. The molecule has 2 heterocycles. The highest BCUT2D eigenvalue weighted by molar-refractivity contribution is 5.78. The Morgan fingerprint density at radius 1 is 0.696 bits per heavy atom. The Kier molecular flexibility index (Phi) is 3.32. The van der Waals surface area contributed by atoms with Gasteiger partial charge in [-0.15, -0.1) is 10.2 Å². The zero-order valence-corrected chi connectivity index (χ0v) is 12.1. The van der Waals surface area contributed by atoms with Crippen molar-refractivity contribution in [3.05, 3.63) is 66.9 Å². The van der Waals surface area contributed by atoms with Crippen LogP contribution in [0, 0.1) is 0 Å². The summed E-state index contributed by atoms with van der Waals surface area (Å²) >= 11 is 0. The summed E-state index contributed by atoms with van der Waals surface area (Å²) in [6.07, 6.45) is 1.58. The smallest absolute Gasteiger partial charge is 0.204 e. The van der Waals surface area contributed by atoms with Crippen LogP contribution in [0.25, 0.3) is 34.0 Å². The number of nitrogens with one attached hydrogen (secondary N) is 1. The molecule has 0 unspecified atom stereocenters. The fourth-order valence-electron chi connectivity index (χ4n) is 2.33. The number of aromatic nitrogens is 6. The number of benzene rings is 2. The van der Waals surface area contributed by atoms with E-state index >= 15 is 0 Å². The molecule has 2 aromatic carbocycles. The highest BCUT2D eigenvalue weighted by atomic mass is 15.3. The van der Waals surface area contributed by atoms with Gasteiger partial charge in [0.2, 0.25) is 5.82 Å². The Hall–Kier alpha value is -3.41.